The van der Waals surface area contributed by atoms with Crippen molar-refractivity contribution in [2.45, 2.75) is 32.7 Å². The van der Waals surface area contributed by atoms with Crippen LogP contribution in [0.15, 0.2) is 4.42 Å². The fourth-order valence-electron chi connectivity index (χ4n) is 2.16. The topological polar surface area (TPSA) is 89.5 Å². The second kappa shape index (κ2) is 6.07. The van der Waals surface area contributed by atoms with Gasteiger partial charge >= 0.3 is 0 Å². The van der Waals surface area contributed by atoms with Crippen LogP contribution in [0.3, 0.4) is 0 Å². The molecule has 0 unspecified atom stereocenters. The van der Waals surface area contributed by atoms with Crippen LogP contribution in [0.2, 0.25) is 0 Å². The third kappa shape index (κ3) is 3.18. The maximum Gasteiger partial charge on any atom is 0.240 e. The Labute approximate surface area is 118 Å². The van der Waals surface area contributed by atoms with Gasteiger partial charge in [0.15, 0.2) is 0 Å². The smallest absolute Gasteiger partial charge is 0.240 e. The number of hydrogen-bond acceptors (Lipinski definition) is 5. The molecule has 0 saturated heterocycles. The predicted molar refractivity (Wildman–Crippen MR) is 73.2 cm³/mol. The molecule has 0 radical (unpaired) electrons. The molecule has 1 aliphatic carbocycles. The molecule has 1 amide bonds. The van der Waals surface area contributed by atoms with Crippen molar-refractivity contribution in [3.05, 3.63) is 16.9 Å². The van der Waals surface area contributed by atoms with Gasteiger partial charge in [-0.1, -0.05) is 0 Å². The summed E-state index contributed by atoms with van der Waals surface area (Å²) < 4.78 is 5.40. The molecule has 0 atom stereocenters. The van der Waals surface area contributed by atoms with Crippen molar-refractivity contribution in [1.29, 1.82) is 5.26 Å². The number of rotatable bonds is 6. The number of carbonyl (C=O) groups excluding carboxylic acids is 1. The maximum absolute atomic E-state index is 12.0. The lowest BCUT2D eigenvalue weighted by Gasteiger charge is -2.19. The van der Waals surface area contributed by atoms with Crippen molar-refractivity contribution in [3.8, 4) is 6.07 Å². The number of amides is 1. The van der Waals surface area contributed by atoms with E-state index in [0.717, 1.165) is 18.4 Å². The molecule has 2 N–H and O–H groups in total. The summed E-state index contributed by atoms with van der Waals surface area (Å²) >= 11 is 0. The summed E-state index contributed by atoms with van der Waals surface area (Å²) in [4.78, 5) is 14.0. The zero-order valence-corrected chi connectivity index (χ0v) is 11.8. The van der Waals surface area contributed by atoms with Gasteiger partial charge < -0.3 is 9.52 Å². The SMILES string of the molecule is Cc1oc(NC(=O)CN(CCO)C2CC2)c(C#N)c1C. The Morgan fingerprint density at radius 2 is 2.25 bits per heavy atom. The van der Waals surface area contributed by atoms with Crippen molar-refractivity contribution >= 4 is 11.8 Å². The molecule has 6 heteroatoms. The van der Waals surface area contributed by atoms with E-state index in [1.807, 2.05) is 11.0 Å². The zero-order chi connectivity index (χ0) is 14.7. The van der Waals surface area contributed by atoms with Crippen molar-refractivity contribution < 1.29 is 14.3 Å². The zero-order valence-electron chi connectivity index (χ0n) is 11.8. The molecule has 108 valence electrons. The number of carbonyl (C=O) groups is 1. The molecule has 2 rings (SSSR count). The monoisotopic (exact) mass is 277 g/mol. The van der Waals surface area contributed by atoms with E-state index in [2.05, 4.69) is 5.32 Å². The van der Waals surface area contributed by atoms with Crippen LogP contribution in [0.5, 0.6) is 0 Å². The minimum atomic E-state index is -0.226. The van der Waals surface area contributed by atoms with E-state index >= 15 is 0 Å². The van der Waals surface area contributed by atoms with E-state index < -0.39 is 0 Å². The van der Waals surface area contributed by atoms with Gasteiger partial charge in [0.1, 0.15) is 17.4 Å². The van der Waals surface area contributed by atoms with Crippen molar-refractivity contribution in [2.75, 3.05) is 25.0 Å². The Kier molecular flexibility index (Phi) is 4.42. The largest absolute Gasteiger partial charge is 0.444 e. The number of nitrogens with one attached hydrogen (secondary N) is 1. The molecule has 1 fully saturated rings. The summed E-state index contributed by atoms with van der Waals surface area (Å²) in [7, 11) is 0. The lowest BCUT2D eigenvalue weighted by Crippen LogP contribution is -2.36. The number of aliphatic hydroxyl groups is 1. The van der Waals surface area contributed by atoms with Crippen LogP contribution in [0, 0.1) is 25.2 Å². The first-order valence-corrected chi connectivity index (χ1v) is 6.71. The van der Waals surface area contributed by atoms with Crippen molar-refractivity contribution in [3.63, 3.8) is 0 Å². The van der Waals surface area contributed by atoms with Crippen LogP contribution in [0.25, 0.3) is 0 Å². The van der Waals surface area contributed by atoms with Crippen LogP contribution in [0.1, 0.15) is 29.7 Å². The number of aliphatic hydroxyl groups excluding tert-OH is 1. The fourth-order valence-corrected chi connectivity index (χ4v) is 2.16. The molecule has 0 aliphatic heterocycles. The highest BCUT2D eigenvalue weighted by Gasteiger charge is 2.30. The average Bonchev–Trinajstić information content (AvgIpc) is 3.19. The van der Waals surface area contributed by atoms with Gasteiger partial charge in [-0.05, 0) is 26.7 Å². The average molecular weight is 277 g/mol. The van der Waals surface area contributed by atoms with E-state index in [1.54, 1.807) is 13.8 Å². The standard InChI is InChI=1S/C14H19N3O3/c1-9-10(2)20-14(12(9)7-15)16-13(19)8-17(5-6-18)11-3-4-11/h11,18H,3-6,8H2,1-2H3,(H,16,19). The second-order valence-corrected chi connectivity index (χ2v) is 5.07. The second-order valence-electron chi connectivity index (χ2n) is 5.07. The van der Waals surface area contributed by atoms with Gasteiger partial charge in [0, 0.05) is 18.2 Å². The molecule has 1 aliphatic rings. The predicted octanol–water partition coefficient (Wildman–Crippen LogP) is 1.16. The third-order valence-electron chi connectivity index (χ3n) is 3.55. The molecule has 1 heterocycles. The Hall–Kier alpha value is -1.84. The molecule has 6 nitrogen and oxygen atoms in total. The van der Waals surface area contributed by atoms with Gasteiger partial charge in [-0.25, -0.2) is 0 Å². The van der Waals surface area contributed by atoms with E-state index in [-0.39, 0.29) is 24.9 Å². The summed E-state index contributed by atoms with van der Waals surface area (Å²) in [5.41, 5.74) is 1.12. The number of furan rings is 1. The third-order valence-corrected chi connectivity index (χ3v) is 3.55. The molecule has 1 saturated carbocycles. The number of nitriles is 1. The lowest BCUT2D eigenvalue weighted by atomic mass is 10.2. The summed E-state index contributed by atoms with van der Waals surface area (Å²) in [5.74, 6) is 0.620. The number of nitrogens with zero attached hydrogens (tertiary/aromatic N) is 2. The Morgan fingerprint density at radius 1 is 1.55 bits per heavy atom. The van der Waals surface area contributed by atoms with Gasteiger partial charge in [0.25, 0.3) is 0 Å². The normalized spacial score (nSPS) is 14.3. The van der Waals surface area contributed by atoms with E-state index in [0.29, 0.717) is 23.9 Å². The van der Waals surface area contributed by atoms with E-state index in [1.165, 1.54) is 0 Å². The van der Waals surface area contributed by atoms with E-state index in [4.69, 9.17) is 14.8 Å². The quantitative estimate of drug-likeness (QED) is 0.814. The molecule has 20 heavy (non-hydrogen) atoms. The molecule has 0 aromatic carbocycles. The summed E-state index contributed by atoms with van der Waals surface area (Å²) in [6, 6.07) is 2.43. The first kappa shape index (κ1) is 14.6. The van der Waals surface area contributed by atoms with Gasteiger partial charge in [0.05, 0.1) is 13.2 Å². The highest BCUT2D eigenvalue weighted by molar-refractivity contribution is 5.92. The fraction of sp³-hybridized carbons (Fsp3) is 0.571. The van der Waals surface area contributed by atoms with Crippen molar-refractivity contribution in [2.24, 2.45) is 0 Å². The van der Waals surface area contributed by atoms with Crippen molar-refractivity contribution in [1.82, 2.24) is 4.90 Å². The van der Waals surface area contributed by atoms with Gasteiger partial charge in [0.2, 0.25) is 11.8 Å². The number of aryl methyl sites for hydroxylation is 1. The minimum absolute atomic E-state index is 0.0339. The number of anilines is 1. The number of hydrogen-bond donors (Lipinski definition) is 2. The highest BCUT2D eigenvalue weighted by atomic mass is 16.4. The molecule has 1 aromatic rings. The van der Waals surface area contributed by atoms with Gasteiger partial charge in [-0.2, -0.15) is 5.26 Å². The van der Waals surface area contributed by atoms with Crippen LogP contribution in [-0.4, -0.2) is 41.7 Å². The van der Waals surface area contributed by atoms with Gasteiger partial charge in [-0.15, -0.1) is 0 Å². The first-order chi connectivity index (χ1) is 9.56. The van der Waals surface area contributed by atoms with Crippen LogP contribution in [-0.2, 0) is 4.79 Å². The maximum atomic E-state index is 12.0. The molecule has 0 bridgehead atoms. The van der Waals surface area contributed by atoms with Crippen LogP contribution >= 0.6 is 0 Å². The van der Waals surface area contributed by atoms with E-state index in [9.17, 15) is 4.79 Å². The summed E-state index contributed by atoms with van der Waals surface area (Å²) in [5, 5.41) is 20.7. The van der Waals surface area contributed by atoms with Gasteiger partial charge in [-0.3, -0.25) is 15.0 Å². The van der Waals surface area contributed by atoms with Crippen LogP contribution in [0.4, 0.5) is 5.88 Å². The molecule has 0 spiro atoms. The van der Waals surface area contributed by atoms with Crippen LogP contribution < -0.4 is 5.32 Å². The minimum Gasteiger partial charge on any atom is -0.444 e. The lowest BCUT2D eigenvalue weighted by molar-refractivity contribution is -0.117. The molecular formula is C14H19N3O3. The summed E-state index contributed by atoms with van der Waals surface area (Å²) in [6.45, 7) is 4.27. The Balaban J connectivity index is 2.01. The Morgan fingerprint density at radius 3 is 2.80 bits per heavy atom. The Bertz CT molecular complexity index is 541. The molecule has 1 aromatic heterocycles. The summed E-state index contributed by atoms with van der Waals surface area (Å²) in [6.07, 6.45) is 2.13. The molecular weight excluding hydrogens is 258 g/mol. The first-order valence-electron chi connectivity index (χ1n) is 6.71. The highest BCUT2D eigenvalue weighted by Crippen LogP contribution is 2.27.